The zero-order chi connectivity index (χ0) is 18.2. The summed E-state index contributed by atoms with van der Waals surface area (Å²) < 4.78 is 5.32. The van der Waals surface area contributed by atoms with E-state index in [2.05, 4.69) is 31.2 Å². The maximum absolute atomic E-state index is 12.6. The van der Waals surface area contributed by atoms with Gasteiger partial charge in [0.1, 0.15) is 11.6 Å². The van der Waals surface area contributed by atoms with Crippen molar-refractivity contribution in [2.24, 2.45) is 11.7 Å². The molecular weight excluding hydrogens is 312 g/mol. The van der Waals surface area contributed by atoms with E-state index in [4.69, 9.17) is 10.5 Å². The van der Waals surface area contributed by atoms with Crippen molar-refractivity contribution in [2.75, 3.05) is 14.2 Å². The maximum atomic E-state index is 12.6. The number of nitrogens with two attached hydrogens (primary N) is 1. The highest BCUT2D eigenvalue weighted by Gasteiger charge is 2.41. The molecule has 2 aromatic carbocycles. The van der Waals surface area contributed by atoms with Gasteiger partial charge in [0.2, 0.25) is 5.91 Å². The van der Waals surface area contributed by atoms with E-state index in [0.29, 0.717) is 5.82 Å². The molecule has 2 atom stereocenters. The number of methoxy groups -OCH3 is 1. The summed E-state index contributed by atoms with van der Waals surface area (Å²) in [5.74, 6) is 1.16. The Balaban J connectivity index is 2.08. The van der Waals surface area contributed by atoms with Crippen LogP contribution in [-0.2, 0) is 10.2 Å². The number of ether oxygens (including phenoxy) is 1. The molecule has 0 fully saturated rings. The fourth-order valence-electron chi connectivity index (χ4n) is 3.37. The van der Waals surface area contributed by atoms with Gasteiger partial charge in [-0.3, -0.25) is 4.79 Å². The van der Waals surface area contributed by atoms with Crippen molar-refractivity contribution in [2.45, 2.75) is 19.3 Å². The largest absolute Gasteiger partial charge is 0.497 e. The van der Waals surface area contributed by atoms with Crippen LogP contribution in [0.2, 0.25) is 0 Å². The Kier molecular flexibility index (Phi) is 4.29. The van der Waals surface area contributed by atoms with Gasteiger partial charge in [-0.15, -0.1) is 0 Å². The van der Waals surface area contributed by atoms with Crippen LogP contribution in [0.3, 0.4) is 0 Å². The number of hydrogen-bond donors (Lipinski definition) is 1. The number of allylic oxidation sites excluding steroid dienone is 1. The van der Waals surface area contributed by atoms with E-state index in [-0.39, 0.29) is 11.8 Å². The zero-order valence-corrected chi connectivity index (χ0v) is 15.1. The van der Waals surface area contributed by atoms with Crippen molar-refractivity contribution in [1.82, 2.24) is 4.90 Å². The van der Waals surface area contributed by atoms with Crippen molar-refractivity contribution >= 4 is 5.91 Å². The van der Waals surface area contributed by atoms with E-state index in [9.17, 15) is 4.79 Å². The minimum absolute atomic E-state index is 0.0364. The summed E-state index contributed by atoms with van der Waals surface area (Å²) in [7, 11) is 3.38. The Labute approximate surface area is 148 Å². The van der Waals surface area contributed by atoms with E-state index >= 15 is 0 Å². The summed E-state index contributed by atoms with van der Waals surface area (Å²) in [5.41, 5.74) is 8.88. The van der Waals surface area contributed by atoms with Crippen molar-refractivity contribution in [3.63, 3.8) is 0 Å². The highest BCUT2D eigenvalue weighted by molar-refractivity contribution is 5.84. The van der Waals surface area contributed by atoms with E-state index in [1.165, 1.54) is 4.90 Å². The minimum Gasteiger partial charge on any atom is -0.497 e. The number of hydrogen-bond acceptors (Lipinski definition) is 3. The lowest BCUT2D eigenvalue weighted by molar-refractivity contribution is -0.134. The summed E-state index contributed by atoms with van der Waals surface area (Å²) in [4.78, 5) is 14.1. The number of rotatable bonds is 3. The highest BCUT2D eigenvalue weighted by Crippen LogP contribution is 2.40. The van der Waals surface area contributed by atoms with Crippen LogP contribution in [0.25, 0.3) is 11.1 Å². The van der Waals surface area contributed by atoms with Gasteiger partial charge in [0.05, 0.1) is 7.11 Å². The van der Waals surface area contributed by atoms with Crippen LogP contribution in [0.4, 0.5) is 0 Å². The summed E-state index contributed by atoms with van der Waals surface area (Å²) in [6.45, 7) is 4.03. The second-order valence-corrected chi connectivity index (χ2v) is 6.78. The number of amides is 1. The second-order valence-electron chi connectivity index (χ2n) is 6.78. The average molecular weight is 336 g/mol. The smallest absolute Gasteiger partial charge is 0.231 e. The minimum atomic E-state index is -0.442. The Morgan fingerprint density at radius 3 is 2.44 bits per heavy atom. The van der Waals surface area contributed by atoms with Crippen molar-refractivity contribution in [3.8, 4) is 16.9 Å². The van der Waals surface area contributed by atoms with Gasteiger partial charge in [-0.2, -0.15) is 0 Å². The molecule has 1 aliphatic rings. The summed E-state index contributed by atoms with van der Waals surface area (Å²) in [6, 6.07) is 16.2. The number of carbonyl (C=O) groups is 1. The summed E-state index contributed by atoms with van der Waals surface area (Å²) in [6.07, 6.45) is 1.99. The second kappa shape index (κ2) is 6.28. The van der Waals surface area contributed by atoms with Gasteiger partial charge < -0.3 is 15.4 Å². The zero-order valence-electron chi connectivity index (χ0n) is 15.1. The molecule has 0 aromatic heterocycles. The first-order valence-electron chi connectivity index (χ1n) is 8.37. The van der Waals surface area contributed by atoms with E-state index in [1.54, 1.807) is 14.2 Å². The van der Waals surface area contributed by atoms with Gasteiger partial charge in [0.25, 0.3) is 0 Å². The number of carbonyl (C=O) groups excluding carboxylic acids is 1. The first kappa shape index (κ1) is 17.1. The Morgan fingerprint density at radius 1 is 1.12 bits per heavy atom. The molecule has 1 heterocycles. The average Bonchev–Trinajstić information content (AvgIpc) is 2.65. The first-order valence-corrected chi connectivity index (χ1v) is 8.37. The molecule has 0 radical (unpaired) electrons. The molecule has 0 unspecified atom stereocenters. The standard InChI is InChI=1S/C21H24N2O2/c1-14-20(24)23(3)19(22)13-21(14,2)17-9-5-7-15(11-17)16-8-6-10-18(12-16)25-4/h5-14H,22H2,1-4H3/t14-,21-/m0/s1. The third-order valence-corrected chi connectivity index (χ3v) is 5.32. The molecule has 4 heteroatoms. The molecule has 1 amide bonds. The maximum Gasteiger partial charge on any atom is 0.231 e. The van der Waals surface area contributed by atoms with E-state index in [0.717, 1.165) is 22.4 Å². The highest BCUT2D eigenvalue weighted by atomic mass is 16.5. The van der Waals surface area contributed by atoms with Crippen LogP contribution in [0.15, 0.2) is 60.4 Å². The third kappa shape index (κ3) is 2.88. The van der Waals surface area contributed by atoms with Crippen LogP contribution in [-0.4, -0.2) is 25.0 Å². The quantitative estimate of drug-likeness (QED) is 0.933. The van der Waals surface area contributed by atoms with Crippen LogP contribution in [0.1, 0.15) is 19.4 Å². The summed E-state index contributed by atoms with van der Waals surface area (Å²) >= 11 is 0. The molecule has 2 N–H and O–H groups in total. The van der Waals surface area contributed by atoms with Crippen molar-refractivity contribution in [1.29, 1.82) is 0 Å². The third-order valence-electron chi connectivity index (χ3n) is 5.32. The van der Waals surface area contributed by atoms with Crippen molar-refractivity contribution < 1.29 is 9.53 Å². The molecule has 25 heavy (non-hydrogen) atoms. The number of benzene rings is 2. The van der Waals surface area contributed by atoms with Gasteiger partial charge in [0.15, 0.2) is 0 Å². The molecule has 0 spiro atoms. The lowest BCUT2D eigenvalue weighted by atomic mass is 9.69. The predicted octanol–water partition coefficient (Wildman–Crippen LogP) is 3.53. The van der Waals surface area contributed by atoms with Gasteiger partial charge in [-0.05, 0) is 34.9 Å². The molecular formula is C21H24N2O2. The fraction of sp³-hybridized carbons (Fsp3) is 0.286. The van der Waals surface area contributed by atoms with Gasteiger partial charge in [0, 0.05) is 18.4 Å². The molecule has 2 aromatic rings. The Morgan fingerprint density at radius 2 is 1.76 bits per heavy atom. The van der Waals surface area contributed by atoms with E-state index in [1.807, 2.05) is 37.3 Å². The van der Waals surface area contributed by atoms with Gasteiger partial charge >= 0.3 is 0 Å². The van der Waals surface area contributed by atoms with Crippen LogP contribution < -0.4 is 10.5 Å². The van der Waals surface area contributed by atoms with Gasteiger partial charge in [-0.1, -0.05) is 50.2 Å². The molecule has 3 rings (SSSR count). The Bertz CT molecular complexity index is 843. The lowest BCUT2D eigenvalue weighted by Crippen LogP contribution is -2.48. The normalized spacial score (nSPS) is 23.4. The molecule has 1 aliphatic heterocycles. The molecule has 0 bridgehead atoms. The van der Waals surface area contributed by atoms with Gasteiger partial charge in [-0.25, -0.2) is 0 Å². The first-order chi connectivity index (χ1) is 11.9. The molecule has 4 nitrogen and oxygen atoms in total. The summed E-state index contributed by atoms with van der Waals surface area (Å²) in [5, 5.41) is 0. The monoisotopic (exact) mass is 336 g/mol. The van der Waals surface area contributed by atoms with Crippen molar-refractivity contribution in [3.05, 3.63) is 66.0 Å². The molecule has 0 saturated heterocycles. The van der Waals surface area contributed by atoms with Crippen LogP contribution >= 0.6 is 0 Å². The molecule has 0 aliphatic carbocycles. The SMILES string of the molecule is COc1cccc(-c2cccc([C@@]3(C)C=C(N)N(C)C(=O)[C@@H]3C)c2)c1. The number of nitrogens with zero attached hydrogens (tertiary/aromatic N) is 1. The lowest BCUT2D eigenvalue weighted by Gasteiger charge is -2.40. The molecule has 0 saturated carbocycles. The Hall–Kier alpha value is -2.75. The molecule has 130 valence electrons. The van der Waals surface area contributed by atoms with Crippen LogP contribution in [0.5, 0.6) is 5.75 Å². The fourth-order valence-corrected chi connectivity index (χ4v) is 3.37. The predicted molar refractivity (Wildman–Crippen MR) is 100.0 cm³/mol. The topological polar surface area (TPSA) is 55.6 Å². The van der Waals surface area contributed by atoms with E-state index < -0.39 is 5.41 Å². The van der Waals surface area contributed by atoms with Crippen LogP contribution in [0, 0.1) is 5.92 Å².